The number of carbonyl (C=O) groups excluding carboxylic acids is 1. The fraction of sp³-hybridized carbons (Fsp3) is 0.462. The van der Waals surface area contributed by atoms with Crippen molar-refractivity contribution in [1.29, 1.82) is 0 Å². The predicted octanol–water partition coefficient (Wildman–Crippen LogP) is 0.874. The number of benzene rings is 1. The molecule has 1 aromatic rings. The van der Waals surface area contributed by atoms with Crippen molar-refractivity contribution >= 4 is 11.6 Å². The molecule has 0 radical (unpaired) electrons. The predicted molar refractivity (Wildman–Crippen MR) is 68.6 cm³/mol. The lowest BCUT2D eigenvalue weighted by Crippen LogP contribution is -2.33. The van der Waals surface area contributed by atoms with Crippen molar-refractivity contribution in [3.05, 3.63) is 23.8 Å². The van der Waals surface area contributed by atoms with Gasteiger partial charge in [-0.15, -0.1) is 0 Å². The monoisotopic (exact) mass is 250 g/mol. The number of methoxy groups -OCH3 is 1. The summed E-state index contributed by atoms with van der Waals surface area (Å²) in [6, 6.07) is 4.96. The van der Waals surface area contributed by atoms with E-state index in [1.54, 1.807) is 30.0 Å². The number of ether oxygens (including phenoxy) is 1. The Hall–Kier alpha value is -1.75. The van der Waals surface area contributed by atoms with Crippen molar-refractivity contribution in [1.82, 2.24) is 4.90 Å². The topological polar surface area (TPSA) is 75.8 Å². The van der Waals surface area contributed by atoms with Gasteiger partial charge in [0.25, 0.3) is 5.91 Å². The first-order valence-electron chi connectivity index (χ1n) is 5.88. The standard InChI is InChI=1S/C13H18N2O3/c1-13(17)5-6-15(8-13)12(16)9-3-4-10(14)11(7-9)18-2/h3-4,7,17H,5-6,8,14H2,1-2H3. The van der Waals surface area contributed by atoms with E-state index in [-0.39, 0.29) is 5.91 Å². The summed E-state index contributed by atoms with van der Waals surface area (Å²) in [7, 11) is 1.51. The minimum Gasteiger partial charge on any atom is -0.495 e. The fourth-order valence-electron chi connectivity index (χ4n) is 2.15. The van der Waals surface area contributed by atoms with E-state index >= 15 is 0 Å². The van der Waals surface area contributed by atoms with Gasteiger partial charge in [-0.05, 0) is 31.5 Å². The summed E-state index contributed by atoms with van der Waals surface area (Å²) >= 11 is 0. The maximum absolute atomic E-state index is 12.2. The number of β-amino-alcohol motifs (C(OH)–C–C–N with tert-alkyl or cyclic N) is 1. The molecule has 5 heteroatoms. The van der Waals surface area contributed by atoms with Crippen LogP contribution in [0, 0.1) is 0 Å². The first kappa shape index (κ1) is 12.7. The molecule has 1 atom stereocenters. The molecule has 0 spiro atoms. The first-order chi connectivity index (χ1) is 8.43. The second kappa shape index (κ2) is 4.49. The Labute approximate surface area is 106 Å². The fourth-order valence-corrected chi connectivity index (χ4v) is 2.15. The van der Waals surface area contributed by atoms with Crippen LogP contribution in [-0.4, -0.2) is 41.7 Å². The number of nitrogen functional groups attached to an aromatic ring is 1. The number of likely N-dealkylation sites (tertiary alicyclic amines) is 1. The van der Waals surface area contributed by atoms with Crippen LogP contribution in [0.5, 0.6) is 5.75 Å². The third kappa shape index (κ3) is 2.41. The van der Waals surface area contributed by atoms with Gasteiger partial charge in [-0.2, -0.15) is 0 Å². The second-order valence-corrected chi connectivity index (χ2v) is 4.93. The number of hydrogen-bond donors (Lipinski definition) is 2. The lowest BCUT2D eigenvalue weighted by molar-refractivity contribution is 0.0572. The molecule has 98 valence electrons. The summed E-state index contributed by atoms with van der Waals surface area (Å²) in [6.45, 7) is 2.67. The molecule has 1 saturated heterocycles. The molecule has 1 amide bonds. The van der Waals surface area contributed by atoms with Crippen molar-refractivity contribution < 1.29 is 14.6 Å². The summed E-state index contributed by atoms with van der Waals surface area (Å²) in [6.07, 6.45) is 0.602. The van der Waals surface area contributed by atoms with E-state index in [1.807, 2.05) is 0 Å². The molecular formula is C13H18N2O3. The highest BCUT2D eigenvalue weighted by molar-refractivity contribution is 5.95. The van der Waals surface area contributed by atoms with Gasteiger partial charge in [0, 0.05) is 18.7 Å². The number of aliphatic hydroxyl groups is 1. The zero-order chi connectivity index (χ0) is 13.3. The van der Waals surface area contributed by atoms with Crippen LogP contribution in [0.1, 0.15) is 23.7 Å². The molecule has 3 N–H and O–H groups in total. The summed E-state index contributed by atoms with van der Waals surface area (Å²) < 4.78 is 5.09. The first-order valence-corrected chi connectivity index (χ1v) is 5.88. The molecule has 1 unspecified atom stereocenters. The lowest BCUT2D eigenvalue weighted by Gasteiger charge is -2.19. The molecule has 2 rings (SSSR count). The Morgan fingerprint density at radius 1 is 1.56 bits per heavy atom. The van der Waals surface area contributed by atoms with Crippen molar-refractivity contribution in [3.63, 3.8) is 0 Å². The zero-order valence-corrected chi connectivity index (χ0v) is 10.6. The van der Waals surface area contributed by atoms with Gasteiger partial charge in [-0.3, -0.25) is 4.79 Å². The molecule has 0 aliphatic carbocycles. The molecule has 0 saturated carbocycles. The van der Waals surface area contributed by atoms with Crippen molar-refractivity contribution in [2.24, 2.45) is 0 Å². The summed E-state index contributed by atoms with van der Waals surface area (Å²) in [5, 5.41) is 9.87. The van der Waals surface area contributed by atoms with Crippen LogP contribution in [0.25, 0.3) is 0 Å². The summed E-state index contributed by atoms with van der Waals surface area (Å²) in [5.41, 5.74) is 5.95. The Bertz CT molecular complexity index is 471. The molecule has 1 heterocycles. The molecule has 0 aromatic heterocycles. The third-order valence-electron chi connectivity index (χ3n) is 3.22. The summed E-state index contributed by atoms with van der Waals surface area (Å²) in [5.74, 6) is 0.387. The van der Waals surface area contributed by atoms with Crippen molar-refractivity contribution in [2.45, 2.75) is 18.9 Å². The summed E-state index contributed by atoms with van der Waals surface area (Å²) in [4.78, 5) is 13.9. The van der Waals surface area contributed by atoms with E-state index in [9.17, 15) is 9.90 Å². The van der Waals surface area contributed by atoms with Gasteiger partial charge in [0.1, 0.15) is 5.75 Å². The Balaban J connectivity index is 2.19. The largest absolute Gasteiger partial charge is 0.495 e. The van der Waals surface area contributed by atoms with Gasteiger partial charge < -0.3 is 20.5 Å². The molecule has 1 aromatic carbocycles. The average molecular weight is 250 g/mol. The number of rotatable bonds is 2. The van der Waals surface area contributed by atoms with Crippen LogP contribution in [0.15, 0.2) is 18.2 Å². The van der Waals surface area contributed by atoms with Gasteiger partial charge in [-0.1, -0.05) is 0 Å². The van der Waals surface area contributed by atoms with Crippen LogP contribution in [-0.2, 0) is 0 Å². The number of amides is 1. The number of anilines is 1. The highest BCUT2D eigenvalue weighted by Crippen LogP contribution is 2.26. The van der Waals surface area contributed by atoms with E-state index in [2.05, 4.69) is 0 Å². The number of nitrogens with zero attached hydrogens (tertiary/aromatic N) is 1. The van der Waals surface area contributed by atoms with Gasteiger partial charge in [0.15, 0.2) is 0 Å². The zero-order valence-electron chi connectivity index (χ0n) is 10.6. The van der Waals surface area contributed by atoms with Crippen molar-refractivity contribution in [3.8, 4) is 5.75 Å². The highest BCUT2D eigenvalue weighted by atomic mass is 16.5. The van der Waals surface area contributed by atoms with E-state index in [0.717, 1.165) is 0 Å². The van der Waals surface area contributed by atoms with Crippen LogP contribution in [0.2, 0.25) is 0 Å². The number of hydrogen-bond acceptors (Lipinski definition) is 4. The maximum Gasteiger partial charge on any atom is 0.254 e. The van der Waals surface area contributed by atoms with E-state index in [4.69, 9.17) is 10.5 Å². The minimum absolute atomic E-state index is 0.105. The Morgan fingerprint density at radius 3 is 2.83 bits per heavy atom. The number of nitrogens with two attached hydrogens (primary N) is 1. The van der Waals surface area contributed by atoms with Crippen LogP contribution < -0.4 is 10.5 Å². The maximum atomic E-state index is 12.2. The van der Waals surface area contributed by atoms with Gasteiger partial charge in [0.05, 0.1) is 18.4 Å². The molecule has 18 heavy (non-hydrogen) atoms. The smallest absolute Gasteiger partial charge is 0.254 e. The van der Waals surface area contributed by atoms with Gasteiger partial charge in [0.2, 0.25) is 0 Å². The normalized spacial score (nSPS) is 23.2. The quantitative estimate of drug-likeness (QED) is 0.764. The van der Waals surface area contributed by atoms with E-state index in [0.29, 0.717) is 36.5 Å². The molecule has 1 aliphatic rings. The molecular weight excluding hydrogens is 232 g/mol. The highest BCUT2D eigenvalue weighted by Gasteiger charge is 2.34. The second-order valence-electron chi connectivity index (χ2n) is 4.93. The third-order valence-corrected chi connectivity index (χ3v) is 3.22. The lowest BCUT2D eigenvalue weighted by atomic mass is 10.1. The Morgan fingerprint density at radius 2 is 2.28 bits per heavy atom. The molecule has 0 bridgehead atoms. The number of carbonyl (C=O) groups is 1. The van der Waals surface area contributed by atoms with Crippen molar-refractivity contribution in [2.75, 3.05) is 25.9 Å². The minimum atomic E-state index is -0.784. The Kier molecular flexibility index (Phi) is 3.17. The van der Waals surface area contributed by atoms with E-state index < -0.39 is 5.60 Å². The van der Waals surface area contributed by atoms with Crippen LogP contribution in [0.4, 0.5) is 5.69 Å². The van der Waals surface area contributed by atoms with Crippen LogP contribution >= 0.6 is 0 Å². The van der Waals surface area contributed by atoms with Gasteiger partial charge in [-0.25, -0.2) is 0 Å². The molecule has 1 fully saturated rings. The molecule has 1 aliphatic heterocycles. The molecule has 5 nitrogen and oxygen atoms in total. The van der Waals surface area contributed by atoms with Gasteiger partial charge >= 0.3 is 0 Å². The van der Waals surface area contributed by atoms with E-state index in [1.165, 1.54) is 7.11 Å². The average Bonchev–Trinajstić information content (AvgIpc) is 2.69. The van der Waals surface area contributed by atoms with Crippen LogP contribution in [0.3, 0.4) is 0 Å². The SMILES string of the molecule is COc1cc(C(=O)N2CCC(C)(O)C2)ccc1N.